The molecule has 0 aliphatic heterocycles. The Hall–Kier alpha value is -1.01. The van der Waals surface area contributed by atoms with Crippen molar-refractivity contribution < 1.29 is 9.90 Å². The molecule has 112 valence electrons. The van der Waals surface area contributed by atoms with E-state index in [1.54, 1.807) is 0 Å². The van der Waals surface area contributed by atoms with Gasteiger partial charge in [-0.2, -0.15) is 0 Å². The van der Waals surface area contributed by atoms with E-state index in [1.807, 2.05) is 12.1 Å². The van der Waals surface area contributed by atoms with Crippen LogP contribution >= 0.6 is 27.7 Å². The zero-order valence-electron chi connectivity index (χ0n) is 11.6. The van der Waals surface area contributed by atoms with Crippen molar-refractivity contribution >= 4 is 44.7 Å². The first-order valence-corrected chi connectivity index (χ1v) is 8.95. The number of carboxylic acids is 1. The van der Waals surface area contributed by atoms with E-state index in [-0.39, 0.29) is 5.75 Å². The fraction of sp³-hybridized carbons (Fsp3) is 0.467. The van der Waals surface area contributed by atoms with Crippen LogP contribution in [0.25, 0.3) is 11.0 Å². The van der Waals surface area contributed by atoms with E-state index in [0.717, 1.165) is 33.5 Å². The second-order valence-corrected chi connectivity index (χ2v) is 7.23. The summed E-state index contributed by atoms with van der Waals surface area (Å²) in [5.41, 5.74) is 2.04. The van der Waals surface area contributed by atoms with E-state index in [9.17, 15) is 4.79 Å². The number of benzene rings is 1. The standard InChI is InChI=1S/C15H17BrN2O2S/c16-10-6-7-13-12(8-10)17-15(21-9-14(19)20)18(13)11-4-2-1-3-5-11/h6-8,11H,1-5,9H2,(H,19,20). The number of halogens is 1. The van der Waals surface area contributed by atoms with Crippen LogP contribution in [0.4, 0.5) is 0 Å². The molecule has 21 heavy (non-hydrogen) atoms. The molecule has 1 aromatic carbocycles. The maximum Gasteiger partial charge on any atom is 0.313 e. The zero-order chi connectivity index (χ0) is 14.8. The number of thioether (sulfide) groups is 1. The van der Waals surface area contributed by atoms with Crippen molar-refractivity contribution in [2.45, 2.75) is 43.3 Å². The highest BCUT2D eigenvalue weighted by atomic mass is 79.9. The largest absolute Gasteiger partial charge is 0.481 e. The van der Waals surface area contributed by atoms with Gasteiger partial charge in [-0.25, -0.2) is 4.98 Å². The van der Waals surface area contributed by atoms with E-state index < -0.39 is 5.97 Å². The highest BCUT2D eigenvalue weighted by Gasteiger charge is 2.22. The Kier molecular flexibility index (Phi) is 4.54. The van der Waals surface area contributed by atoms with Gasteiger partial charge in [0.2, 0.25) is 0 Å². The molecule has 0 unspecified atom stereocenters. The topological polar surface area (TPSA) is 55.1 Å². The van der Waals surface area contributed by atoms with Crippen LogP contribution in [0.3, 0.4) is 0 Å². The van der Waals surface area contributed by atoms with Crippen molar-refractivity contribution in [3.63, 3.8) is 0 Å². The Balaban J connectivity index is 2.03. The number of aliphatic carboxylic acids is 1. The number of carboxylic acid groups (broad SMARTS) is 1. The highest BCUT2D eigenvalue weighted by Crippen LogP contribution is 2.36. The van der Waals surface area contributed by atoms with Crippen LogP contribution in [-0.4, -0.2) is 26.4 Å². The van der Waals surface area contributed by atoms with Crippen LogP contribution in [0.15, 0.2) is 27.8 Å². The minimum Gasteiger partial charge on any atom is -0.481 e. The summed E-state index contributed by atoms with van der Waals surface area (Å²) >= 11 is 4.79. The summed E-state index contributed by atoms with van der Waals surface area (Å²) in [6.07, 6.45) is 6.09. The molecule has 1 heterocycles. The summed E-state index contributed by atoms with van der Waals surface area (Å²) in [6, 6.07) is 6.54. The molecule has 1 fully saturated rings. The SMILES string of the molecule is O=C(O)CSc1nc2cc(Br)ccc2n1C1CCCCC1. The average molecular weight is 369 g/mol. The number of hydrogen-bond acceptors (Lipinski definition) is 3. The van der Waals surface area contributed by atoms with Crippen molar-refractivity contribution in [1.82, 2.24) is 9.55 Å². The number of carbonyl (C=O) groups is 1. The number of rotatable bonds is 4. The number of imidazole rings is 1. The molecule has 1 aliphatic carbocycles. The molecule has 3 rings (SSSR count). The molecule has 1 N–H and O–H groups in total. The second kappa shape index (κ2) is 6.40. The fourth-order valence-electron chi connectivity index (χ4n) is 2.97. The van der Waals surface area contributed by atoms with Crippen LogP contribution in [0, 0.1) is 0 Å². The Morgan fingerprint density at radius 1 is 1.38 bits per heavy atom. The number of nitrogens with zero attached hydrogens (tertiary/aromatic N) is 2. The third-order valence-electron chi connectivity index (χ3n) is 3.88. The fourth-order valence-corrected chi connectivity index (χ4v) is 4.12. The van der Waals surface area contributed by atoms with Gasteiger partial charge in [0.25, 0.3) is 0 Å². The molecule has 0 saturated heterocycles. The van der Waals surface area contributed by atoms with E-state index in [0.29, 0.717) is 6.04 Å². The van der Waals surface area contributed by atoms with Gasteiger partial charge in [0.15, 0.2) is 5.16 Å². The maximum atomic E-state index is 10.9. The van der Waals surface area contributed by atoms with Gasteiger partial charge in [-0.3, -0.25) is 4.79 Å². The number of aromatic nitrogens is 2. The van der Waals surface area contributed by atoms with Gasteiger partial charge in [0.05, 0.1) is 16.8 Å². The maximum absolute atomic E-state index is 10.9. The van der Waals surface area contributed by atoms with Gasteiger partial charge in [-0.15, -0.1) is 0 Å². The first kappa shape index (κ1) is 14.9. The molecular weight excluding hydrogens is 352 g/mol. The average Bonchev–Trinajstić information content (AvgIpc) is 2.83. The summed E-state index contributed by atoms with van der Waals surface area (Å²) in [6.45, 7) is 0. The summed E-state index contributed by atoms with van der Waals surface area (Å²) in [7, 11) is 0. The molecule has 1 aliphatic rings. The molecule has 4 nitrogen and oxygen atoms in total. The van der Waals surface area contributed by atoms with Gasteiger partial charge in [-0.05, 0) is 31.0 Å². The van der Waals surface area contributed by atoms with Crippen molar-refractivity contribution in [3.05, 3.63) is 22.7 Å². The van der Waals surface area contributed by atoms with Crippen molar-refractivity contribution in [3.8, 4) is 0 Å². The van der Waals surface area contributed by atoms with Gasteiger partial charge in [0, 0.05) is 10.5 Å². The Morgan fingerprint density at radius 2 is 2.14 bits per heavy atom. The quantitative estimate of drug-likeness (QED) is 0.808. The molecule has 0 atom stereocenters. The lowest BCUT2D eigenvalue weighted by atomic mass is 9.95. The molecule has 0 amide bonds. The molecule has 1 saturated carbocycles. The molecule has 2 aromatic rings. The monoisotopic (exact) mass is 368 g/mol. The normalized spacial score (nSPS) is 16.4. The first-order valence-electron chi connectivity index (χ1n) is 7.17. The van der Waals surface area contributed by atoms with Crippen molar-refractivity contribution in [1.29, 1.82) is 0 Å². The summed E-state index contributed by atoms with van der Waals surface area (Å²) in [4.78, 5) is 15.5. The minimum atomic E-state index is -0.802. The molecule has 0 spiro atoms. The predicted molar refractivity (Wildman–Crippen MR) is 87.9 cm³/mol. The smallest absolute Gasteiger partial charge is 0.313 e. The van der Waals surface area contributed by atoms with E-state index in [1.165, 1.54) is 31.0 Å². The van der Waals surface area contributed by atoms with Gasteiger partial charge >= 0.3 is 5.97 Å². The molecule has 0 radical (unpaired) electrons. The number of hydrogen-bond donors (Lipinski definition) is 1. The molecule has 6 heteroatoms. The van der Waals surface area contributed by atoms with Crippen molar-refractivity contribution in [2.75, 3.05) is 5.75 Å². The van der Waals surface area contributed by atoms with Gasteiger partial charge in [0.1, 0.15) is 0 Å². The van der Waals surface area contributed by atoms with Crippen LogP contribution in [0.2, 0.25) is 0 Å². The van der Waals surface area contributed by atoms with Crippen LogP contribution in [-0.2, 0) is 4.79 Å². The summed E-state index contributed by atoms with van der Waals surface area (Å²) in [5, 5.41) is 9.76. The van der Waals surface area contributed by atoms with Crippen LogP contribution < -0.4 is 0 Å². The molecular formula is C15H17BrN2O2S. The summed E-state index contributed by atoms with van der Waals surface area (Å²) < 4.78 is 3.26. The molecule has 1 aromatic heterocycles. The minimum absolute atomic E-state index is 0.0528. The Bertz CT molecular complexity index is 665. The lowest BCUT2D eigenvalue weighted by Crippen LogP contribution is -2.14. The van der Waals surface area contributed by atoms with Crippen LogP contribution in [0.1, 0.15) is 38.1 Å². The Morgan fingerprint density at radius 3 is 2.86 bits per heavy atom. The van der Waals surface area contributed by atoms with Gasteiger partial charge in [-0.1, -0.05) is 47.0 Å². The lowest BCUT2D eigenvalue weighted by molar-refractivity contribution is -0.133. The third kappa shape index (κ3) is 3.26. The highest BCUT2D eigenvalue weighted by molar-refractivity contribution is 9.10. The van der Waals surface area contributed by atoms with Crippen LogP contribution in [0.5, 0.6) is 0 Å². The van der Waals surface area contributed by atoms with E-state index >= 15 is 0 Å². The lowest BCUT2D eigenvalue weighted by Gasteiger charge is -2.25. The number of fused-ring (bicyclic) bond motifs is 1. The summed E-state index contributed by atoms with van der Waals surface area (Å²) in [5.74, 6) is -0.750. The second-order valence-electron chi connectivity index (χ2n) is 5.37. The first-order chi connectivity index (χ1) is 10.1. The van der Waals surface area contributed by atoms with Gasteiger partial charge < -0.3 is 9.67 Å². The predicted octanol–water partition coefficient (Wildman–Crippen LogP) is 4.48. The third-order valence-corrected chi connectivity index (χ3v) is 5.31. The van der Waals surface area contributed by atoms with E-state index in [4.69, 9.17) is 5.11 Å². The zero-order valence-corrected chi connectivity index (χ0v) is 14.0. The van der Waals surface area contributed by atoms with Crippen molar-refractivity contribution in [2.24, 2.45) is 0 Å². The van der Waals surface area contributed by atoms with E-state index in [2.05, 4.69) is 31.5 Å². The molecule has 0 bridgehead atoms. The Labute approximate surface area is 136 Å².